The summed E-state index contributed by atoms with van der Waals surface area (Å²) in [5.74, 6) is -0.602. The smallest absolute Gasteiger partial charge is 0.459 e. The number of aliphatic hydroxyl groups is 3. The van der Waals surface area contributed by atoms with Gasteiger partial charge in [0.2, 0.25) is 0 Å². The van der Waals surface area contributed by atoms with E-state index in [1.165, 1.54) is 31.2 Å². The van der Waals surface area contributed by atoms with Crippen LogP contribution in [0.2, 0.25) is 5.02 Å². The van der Waals surface area contributed by atoms with Gasteiger partial charge in [-0.3, -0.25) is 23.7 Å². The summed E-state index contributed by atoms with van der Waals surface area (Å²) in [6.07, 6.45) is -2.50. The summed E-state index contributed by atoms with van der Waals surface area (Å²) in [7, 11) is -3.04. The lowest BCUT2D eigenvalue weighted by Gasteiger charge is -2.34. The maximum Gasteiger partial charge on any atom is 0.459 e. The van der Waals surface area contributed by atoms with E-state index in [0.717, 1.165) is 30.9 Å². The number of ether oxygens (including phenoxy) is 1. The maximum atomic E-state index is 13.3. The van der Waals surface area contributed by atoms with Crippen LogP contribution in [0.3, 0.4) is 0 Å². The van der Waals surface area contributed by atoms with Crippen molar-refractivity contribution in [3.63, 3.8) is 0 Å². The van der Waals surface area contributed by atoms with E-state index in [-0.39, 0.29) is 16.9 Å². The highest BCUT2D eigenvalue weighted by molar-refractivity contribution is 7.71. The molecule has 0 bridgehead atoms. The van der Waals surface area contributed by atoms with Crippen molar-refractivity contribution in [1.29, 1.82) is 0 Å². The molecule has 35 heavy (non-hydrogen) atoms. The van der Waals surface area contributed by atoms with Gasteiger partial charge in [0.1, 0.15) is 17.4 Å². The summed E-state index contributed by atoms with van der Waals surface area (Å²) in [5, 5.41) is 34.7. The molecule has 0 radical (unpaired) electrons. The number of aliphatic hydroxyl groups excluding tert-OH is 2. The molecule has 5 atom stereocenters. The molecule has 0 fully saturated rings. The average Bonchev–Trinajstić information content (AvgIpc) is 2.79. The highest BCUT2D eigenvalue weighted by atomic mass is 35.5. The topological polar surface area (TPSA) is 172 Å². The highest BCUT2D eigenvalue weighted by Gasteiger charge is 2.40. The molecular formula is C20H27ClN3O9PS. The summed E-state index contributed by atoms with van der Waals surface area (Å²) in [6.45, 7) is 2.11. The van der Waals surface area contributed by atoms with Gasteiger partial charge in [0.25, 0.3) is 5.56 Å². The van der Waals surface area contributed by atoms with Gasteiger partial charge in [0, 0.05) is 23.7 Å². The molecule has 15 heteroatoms. The van der Waals surface area contributed by atoms with E-state index in [2.05, 4.69) is 14.8 Å². The van der Waals surface area contributed by atoms with Crippen LogP contribution in [0.15, 0.2) is 41.3 Å². The number of H-pyrrole nitrogens is 1. The lowest BCUT2D eigenvalue weighted by atomic mass is 9.94. The van der Waals surface area contributed by atoms with E-state index < -0.39 is 49.9 Å². The number of aromatic amines is 1. The van der Waals surface area contributed by atoms with E-state index in [1.54, 1.807) is 0 Å². The summed E-state index contributed by atoms with van der Waals surface area (Å²) < 4.78 is 29.6. The van der Waals surface area contributed by atoms with Crippen LogP contribution in [-0.2, 0) is 18.6 Å². The Morgan fingerprint density at radius 3 is 2.51 bits per heavy atom. The van der Waals surface area contributed by atoms with Gasteiger partial charge in [-0.15, -0.1) is 0 Å². The normalized spacial score (nSPS) is 17.5. The van der Waals surface area contributed by atoms with Gasteiger partial charge in [-0.1, -0.05) is 11.6 Å². The molecule has 0 aliphatic carbocycles. The van der Waals surface area contributed by atoms with Crippen molar-refractivity contribution in [2.45, 2.75) is 44.2 Å². The van der Waals surface area contributed by atoms with Crippen LogP contribution in [-0.4, -0.2) is 62.3 Å². The van der Waals surface area contributed by atoms with Crippen LogP contribution in [0.1, 0.15) is 26.5 Å². The number of halogens is 1. The Morgan fingerprint density at radius 1 is 1.31 bits per heavy atom. The molecule has 1 heterocycles. The third kappa shape index (κ3) is 7.95. The van der Waals surface area contributed by atoms with Crippen molar-refractivity contribution >= 4 is 37.5 Å². The number of benzene rings is 1. The summed E-state index contributed by atoms with van der Waals surface area (Å²) in [6, 6.07) is 5.88. The van der Waals surface area contributed by atoms with Crippen LogP contribution in [0.5, 0.6) is 5.75 Å². The van der Waals surface area contributed by atoms with Crippen LogP contribution in [0.4, 0.5) is 0 Å². The van der Waals surface area contributed by atoms with Crippen LogP contribution >= 0.6 is 31.6 Å². The molecule has 0 saturated heterocycles. The molecule has 12 nitrogen and oxygen atoms in total. The molecule has 5 N–H and O–H groups in total. The number of nitrogens with zero attached hydrogens (tertiary/aromatic N) is 1. The van der Waals surface area contributed by atoms with Crippen LogP contribution in [0, 0.1) is 4.77 Å². The van der Waals surface area contributed by atoms with Crippen molar-refractivity contribution in [2.24, 2.45) is 0 Å². The number of hydrogen-bond acceptors (Lipinski definition) is 10. The monoisotopic (exact) mass is 551 g/mol. The fraction of sp³-hybridized carbons (Fsp3) is 0.450. The van der Waals surface area contributed by atoms with Crippen molar-refractivity contribution < 1.29 is 38.5 Å². The number of nitrogens with one attached hydrogen (secondary N) is 2. The lowest BCUT2D eigenvalue weighted by Crippen LogP contribution is -2.48. The van der Waals surface area contributed by atoms with Gasteiger partial charge in [-0.2, -0.15) is 5.09 Å². The third-order valence-electron chi connectivity index (χ3n) is 4.91. The fourth-order valence-electron chi connectivity index (χ4n) is 2.84. The average molecular weight is 552 g/mol. The van der Waals surface area contributed by atoms with E-state index >= 15 is 0 Å². The molecule has 0 spiro atoms. The standard InChI is InChI=1S/C20H27ClN3O9PS/c1-12(17(27)31-3)23-34(30,33-14-6-4-13(21)5-7-14)32-11-9-15(25)20(2,29)18(28)24-10-8-16(26)22-19(24)35/h4-8,10,12,15,18,25,28-29H,9,11H2,1-3H3,(H,23,30)(H,22,26,35)/t12-,15-,18+,20+,34?/m0/s1. The van der Waals surface area contributed by atoms with Crippen molar-refractivity contribution in [2.75, 3.05) is 13.7 Å². The quantitative estimate of drug-likeness (QED) is 0.148. The van der Waals surface area contributed by atoms with E-state index in [9.17, 15) is 29.5 Å². The van der Waals surface area contributed by atoms with Gasteiger partial charge in [0.15, 0.2) is 11.0 Å². The number of esters is 1. The number of aromatic nitrogens is 2. The molecule has 194 valence electrons. The second kappa shape index (κ2) is 12.2. The first-order valence-corrected chi connectivity index (χ1v) is 12.6. The largest absolute Gasteiger partial charge is 0.468 e. The SMILES string of the molecule is COC(=O)[C@H](C)NP(=O)(OCC[C@H](O)[C@@](C)(O)[C@@H](O)n1ccc(=O)[nH]c1=S)Oc1ccc(Cl)cc1. The zero-order valence-electron chi connectivity index (χ0n) is 19.1. The molecule has 0 aliphatic heterocycles. The van der Waals surface area contributed by atoms with Gasteiger partial charge in [0.05, 0.1) is 19.8 Å². The van der Waals surface area contributed by atoms with E-state index in [0.29, 0.717) is 5.02 Å². The number of carbonyl (C=O) groups excluding carboxylic acids is 1. The molecule has 0 amide bonds. The second-order valence-corrected chi connectivity index (χ2v) is 10.2. The summed E-state index contributed by atoms with van der Waals surface area (Å²) in [5.41, 5.74) is -2.66. The first-order valence-electron chi connectivity index (χ1n) is 10.2. The minimum absolute atomic E-state index is 0.123. The molecule has 1 aromatic heterocycles. The Morgan fingerprint density at radius 2 is 1.94 bits per heavy atom. The second-order valence-electron chi connectivity index (χ2n) is 7.67. The third-order valence-corrected chi connectivity index (χ3v) is 7.15. The molecule has 0 aliphatic rings. The van der Waals surface area contributed by atoms with E-state index in [1.807, 2.05) is 0 Å². The zero-order chi connectivity index (χ0) is 26.4. The van der Waals surface area contributed by atoms with Crippen molar-refractivity contribution in [3.8, 4) is 5.75 Å². The van der Waals surface area contributed by atoms with E-state index in [4.69, 9.17) is 32.9 Å². The fourth-order valence-corrected chi connectivity index (χ4v) is 4.73. The van der Waals surface area contributed by atoms with Crippen molar-refractivity contribution in [3.05, 3.63) is 56.7 Å². The Hall–Kier alpha value is -2.09. The molecule has 2 rings (SSSR count). The first-order chi connectivity index (χ1) is 16.3. The Bertz CT molecular complexity index is 1170. The van der Waals surface area contributed by atoms with Crippen LogP contribution in [0.25, 0.3) is 0 Å². The van der Waals surface area contributed by atoms with Gasteiger partial charge in [-0.25, -0.2) is 4.57 Å². The molecular weight excluding hydrogens is 525 g/mol. The maximum absolute atomic E-state index is 13.3. The first kappa shape index (κ1) is 29.1. The predicted octanol–water partition coefficient (Wildman–Crippen LogP) is 1.91. The Balaban J connectivity index is 2.13. The van der Waals surface area contributed by atoms with Gasteiger partial charge >= 0.3 is 13.7 Å². The van der Waals surface area contributed by atoms with Crippen LogP contribution < -0.4 is 15.2 Å². The van der Waals surface area contributed by atoms with Gasteiger partial charge in [-0.05, 0) is 50.3 Å². The van der Waals surface area contributed by atoms with Gasteiger partial charge < -0.3 is 24.6 Å². The molecule has 0 saturated carbocycles. The highest BCUT2D eigenvalue weighted by Crippen LogP contribution is 2.45. The predicted molar refractivity (Wildman–Crippen MR) is 129 cm³/mol. The number of rotatable bonds is 12. The zero-order valence-corrected chi connectivity index (χ0v) is 21.5. The van der Waals surface area contributed by atoms with Crippen molar-refractivity contribution in [1.82, 2.24) is 14.6 Å². The minimum Gasteiger partial charge on any atom is -0.468 e. The lowest BCUT2D eigenvalue weighted by molar-refractivity contribution is -0.167. The summed E-state index contributed by atoms with van der Waals surface area (Å²) >= 11 is 10.8. The number of carbonyl (C=O) groups is 1. The molecule has 1 unspecified atom stereocenters. The Kier molecular flexibility index (Phi) is 10.2. The minimum atomic E-state index is -4.19. The number of methoxy groups -OCH3 is 1. The molecule has 2 aromatic rings. The Labute approximate surface area is 211 Å². The molecule has 1 aromatic carbocycles. The number of hydrogen-bond donors (Lipinski definition) is 5. The summed E-state index contributed by atoms with van der Waals surface area (Å²) in [4.78, 5) is 25.4.